The van der Waals surface area contributed by atoms with Crippen LogP contribution in [0.3, 0.4) is 0 Å². The van der Waals surface area contributed by atoms with E-state index in [9.17, 15) is 9.59 Å². The molecule has 8 nitrogen and oxygen atoms in total. The summed E-state index contributed by atoms with van der Waals surface area (Å²) in [6, 6.07) is 24.8. The topological polar surface area (TPSA) is 92.6 Å². The normalized spacial score (nSPS) is 18.7. The number of nitrogens with one attached hydrogen (secondary N) is 1. The molecule has 3 aromatic rings. The van der Waals surface area contributed by atoms with Gasteiger partial charge in [0.1, 0.15) is 16.7 Å². The van der Waals surface area contributed by atoms with E-state index in [0.29, 0.717) is 23.9 Å². The molecule has 0 saturated heterocycles. The highest BCUT2D eigenvalue weighted by molar-refractivity contribution is 8.15. The third-order valence-corrected chi connectivity index (χ3v) is 7.40. The highest BCUT2D eigenvalue weighted by atomic mass is 32.2. The quantitative estimate of drug-likeness (QED) is 0.428. The number of hydrogen-bond donors (Lipinski definition) is 1. The van der Waals surface area contributed by atoms with Crippen LogP contribution in [0.25, 0.3) is 0 Å². The maximum absolute atomic E-state index is 12.8. The summed E-state index contributed by atoms with van der Waals surface area (Å²) in [5, 5.41) is 9.44. The van der Waals surface area contributed by atoms with Gasteiger partial charge in [-0.1, -0.05) is 54.2 Å². The fourth-order valence-corrected chi connectivity index (χ4v) is 5.42. The van der Waals surface area contributed by atoms with Gasteiger partial charge in [0.15, 0.2) is 5.17 Å². The van der Waals surface area contributed by atoms with Crippen molar-refractivity contribution < 1.29 is 19.1 Å². The summed E-state index contributed by atoms with van der Waals surface area (Å²) in [7, 11) is 1.63. The molecule has 194 valence electrons. The van der Waals surface area contributed by atoms with E-state index in [1.165, 1.54) is 11.8 Å². The number of thioether (sulfide) groups is 1. The van der Waals surface area contributed by atoms with Crippen LogP contribution in [-0.4, -0.2) is 46.7 Å². The van der Waals surface area contributed by atoms with Crippen LogP contribution in [0.4, 0.5) is 5.69 Å². The number of carbonyl (C=O) groups is 2. The molecule has 2 aliphatic heterocycles. The molecule has 1 N–H and O–H groups in total. The Labute approximate surface area is 225 Å². The number of carbonyl (C=O) groups excluding carboxylic acids is 2. The maximum atomic E-state index is 12.8. The molecule has 0 bridgehead atoms. The van der Waals surface area contributed by atoms with Crippen molar-refractivity contribution in [1.29, 1.82) is 0 Å². The molecule has 0 spiro atoms. The number of hydrazone groups is 1. The van der Waals surface area contributed by atoms with Crippen molar-refractivity contribution >= 4 is 40.1 Å². The number of rotatable bonds is 8. The van der Waals surface area contributed by atoms with Crippen LogP contribution < -0.4 is 14.8 Å². The Morgan fingerprint density at radius 3 is 2.42 bits per heavy atom. The molecule has 3 aromatic carbocycles. The molecule has 2 atom stereocenters. The van der Waals surface area contributed by atoms with Crippen LogP contribution in [0.1, 0.15) is 36.9 Å². The van der Waals surface area contributed by atoms with Crippen molar-refractivity contribution in [3.63, 3.8) is 0 Å². The van der Waals surface area contributed by atoms with Gasteiger partial charge in [-0.25, -0.2) is 5.01 Å². The zero-order valence-corrected chi connectivity index (χ0v) is 22.0. The molecular formula is C29H28N4O4S. The number of aliphatic imine (C=N–C) groups is 1. The van der Waals surface area contributed by atoms with E-state index >= 15 is 0 Å². The van der Waals surface area contributed by atoms with E-state index in [1.54, 1.807) is 31.4 Å². The predicted octanol–water partition coefficient (Wildman–Crippen LogP) is 5.27. The minimum atomic E-state index is -0.611. The molecule has 9 heteroatoms. The zero-order chi connectivity index (χ0) is 26.5. The molecule has 2 unspecified atom stereocenters. The minimum absolute atomic E-state index is 0.0139. The monoisotopic (exact) mass is 528 g/mol. The first-order valence-electron chi connectivity index (χ1n) is 12.4. The summed E-state index contributed by atoms with van der Waals surface area (Å²) < 4.78 is 10.8. The second kappa shape index (κ2) is 11.5. The van der Waals surface area contributed by atoms with Crippen LogP contribution in [0.15, 0.2) is 89.0 Å². The van der Waals surface area contributed by atoms with E-state index in [0.717, 1.165) is 28.3 Å². The molecule has 0 aromatic heterocycles. The SMILES string of the molecule is CCOc1ccc(NC(=O)CC2SC(N3N=C(c4ccccc4)CC3c3ccc(OC)cc3)=NC2=O)cc1. The highest BCUT2D eigenvalue weighted by Gasteiger charge is 2.39. The Balaban J connectivity index is 1.30. The lowest BCUT2D eigenvalue weighted by Crippen LogP contribution is -2.25. The van der Waals surface area contributed by atoms with E-state index in [2.05, 4.69) is 10.3 Å². The van der Waals surface area contributed by atoms with Gasteiger partial charge in [0.05, 0.1) is 25.5 Å². The molecule has 38 heavy (non-hydrogen) atoms. The Morgan fingerprint density at radius 2 is 1.74 bits per heavy atom. The number of methoxy groups -OCH3 is 1. The maximum Gasteiger partial charge on any atom is 0.262 e. The first kappa shape index (κ1) is 25.5. The highest BCUT2D eigenvalue weighted by Crippen LogP contribution is 2.39. The summed E-state index contributed by atoms with van der Waals surface area (Å²) in [5.74, 6) is 0.920. The van der Waals surface area contributed by atoms with Gasteiger partial charge in [0, 0.05) is 18.5 Å². The molecule has 0 saturated carbocycles. The van der Waals surface area contributed by atoms with Crippen LogP contribution in [0.5, 0.6) is 11.5 Å². The van der Waals surface area contributed by atoms with Gasteiger partial charge >= 0.3 is 0 Å². The van der Waals surface area contributed by atoms with Gasteiger partial charge < -0.3 is 14.8 Å². The Kier molecular flexibility index (Phi) is 7.74. The molecule has 2 amide bonds. The number of amidine groups is 1. The van der Waals surface area contributed by atoms with Crippen LogP contribution in [-0.2, 0) is 9.59 Å². The lowest BCUT2D eigenvalue weighted by atomic mass is 9.98. The van der Waals surface area contributed by atoms with Crippen molar-refractivity contribution in [1.82, 2.24) is 5.01 Å². The van der Waals surface area contributed by atoms with Gasteiger partial charge in [0.25, 0.3) is 5.91 Å². The van der Waals surface area contributed by atoms with E-state index in [4.69, 9.17) is 14.6 Å². The van der Waals surface area contributed by atoms with Gasteiger partial charge in [-0.15, -0.1) is 0 Å². The molecule has 0 aliphatic carbocycles. The summed E-state index contributed by atoms with van der Waals surface area (Å²) in [5.41, 5.74) is 3.62. The third-order valence-electron chi connectivity index (χ3n) is 6.26. The molecular weight excluding hydrogens is 500 g/mol. The van der Waals surface area contributed by atoms with Gasteiger partial charge in [0.2, 0.25) is 5.91 Å². The van der Waals surface area contributed by atoms with Gasteiger partial charge in [-0.3, -0.25) is 9.59 Å². The first-order chi connectivity index (χ1) is 18.5. The largest absolute Gasteiger partial charge is 0.497 e. The third kappa shape index (κ3) is 5.73. The van der Waals surface area contributed by atoms with Gasteiger partial charge in [-0.2, -0.15) is 10.1 Å². The van der Waals surface area contributed by atoms with Gasteiger partial charge in [-0.05, 0) is 54.4 Å². The Bertz CT molecular complexity index is 1360. The van der Waals surface area contributed by atoms with Crippen LogP contribution in [0.2, 0.25) is 0 Å². The first-order valence-corrected chi connectivity index (χ1v) is 13.3. The number of ether oxygens (including phenoxy) is 2. The summed E-state index contributed by atoms with van der Waals surface area (Å²) in [4.78, 5) is 29.9. The number of amides is 2. The van der Waals surface area contributed by atoms with Crippen molar-refractivity contribution in [2.45, 2.75) is 31.1 Å². The van der Waals surface area contributed by atoms with Crippen LogP contribution in [0, 0.1) is 0 Å². The summed E-state index contributed by atoms with van der Waals surface area (Å²) >= 11 is 1.28. The molecule has 0 radical (unpaired) electrons. The predicted molar refractivity (Wildman–Crippen MR) is 150 cm³/mol. The Hall–Kier alpha value is -4.11. The number of nitrogens with zero attached hydrogens (tertiary/aromatic N) is 3. The molecule has 2 heterocycles. The van der Waals surface area contributed by atoms with E-state index in [-0.39, 0.29) is 24.3 Å². The second-order valence-corrected chi connectivity index (χ2v) is 9.97. The zero-order valence-electron chi connectivity index (χ0n) is 21.2. The number of anilines is 1. The fraction of sp³-hybridized carbons (Fsp3) is 0.241. The Morgan fingerprint density at radius 1 is 1.03 bits per heavy atom. The second-order valence-electron chi connectivity index (χ2n) is 8.80. The average molecular weight is 529 g/mol. The van der Waals surface area contributed by atoms with Crippen LogP contribution >= 0.6 is 11.8 Å². The van der Waals surface area contributed by atoms with E-state index in [1.807, 2.05) is 66.5 Å². The number of benzene rings is 3. The fourth-order valence-electron chi connectivity index (χ4n) is 4.36. The lowest BCUT2D eigenvalue weighted by Gasteiger charge is -2.23. The van der Waals surface area contributed by atoms with Crippen molar-refractivity contribution in [3.8, 4) is 11.5 Å². The molecule has 2 aliphatic rings. The number of hydrogen-bond acceptors (Lipinski definition) is 7. The lowest BCUT2D eigenvalue weighted by molar-refractivity contribution is -0.121. The van der Waals surface area contributed by atoms with Crippen molar-refractivity contribution in [3.05, 3.63) is 90.0 Å². The summed E-state index contributed by atoms with van der Waals surface area (Å²) in [6.45, 7) is 2.49. The van der Waals surface area contributed by atoms with Crippen molar-refractivity contribution in [2.75, 3.05) is 19.0 Å². The van der Waals surface area contributed by atoms with E-state index < -0.39 is 5.25 Å². The molecule has 5 rings (SSSR count). The smallest absolute Gasteiger partial charge is 0.262 e. The van der Waals surface area contributed by atoms with Crippen molar-refractivity contribution in [2.24, 2.45) is 10.1 Å². The minimum Gasteiger partial charge on any atom is -0.497 e. The summed E-state index contributed by atoms with van der Waals surface area (Å²) in [6.07, 6.45) is 0.674. The standard InChI is InChI=1S/C29H28N4O4S/c1-3-37-23-15-11-21(12-16-23)30-27(34)18-26-28(35)31-29(38-26)33-25(20-9-13-22(36-2)14-10-20)17-24(32-33)19-7-5-4-6-8-19/h4-16,25-26H,3,17-18H2,1-2H3,(H,30,34). The molecule has 0 fully saturated rings. The average Bonchev–Trinajstić information content (AvgIpc) is 3.54.